The smallest absolute Gasteiger partial charge is 0.269 e. The number of fused-ring (bicyclic) bond motifs is 2. The summed E-state index contributed by atoms with van der Waals surface area (Å²) in [5, 5.41) is 10.7. The Kier molecular flexibility index (Phi) is 4.44. The number of hydrazine groups is 1. The van der Waals surface area contributed by atoms with Gasteiger partial charge in [-0.05, 0) is 31.4 Å². The summed E-state index contributed by atoms with van der Waals surface area (Å²) < 4.78 is 0. The SMILES string of the molecule is CN1C(=O)C2(C)CC(C)(C(=O)NNc3ccc([N+](=O)[O-])cc3)CC(C)(C2)C1=O. The van der Waals surface area contributed by atoms with Gasteiger partial charge in [-0.1, -0.05) is 20.8 Å². The van der Waals surface area contributed by atoms with E-state index in [0.717, 1.165) is 0 Å². The lowest BCUT2D eigenvalue weighted by Crippen LogP contribution is -2.64. The number of piperidine rings is 1. The molecule has 150 valence electrons. The third kappa shape index (κ3) is 3.10. The molecule has 1 aliphatic heterocycles. The van der Waals surface area contributed by atoms with E-state index in [4.69, 9.17) is 0 Å². The topological polar surface area (TPSA) is 122 Å². The zero-order valence-electron chi connectivity index (χ0n) is 16.4. The van der Waals surface area contributed by atoms with Gasteiger partial charge in [-0.3, -0.25) is 40.2 Å². The predicted molar refractivity (Wildman–Crippen MR) is 101 cm³/mol. The number of carbonyl (C=O) groups excluding carboxylic acids is 3. The van der Waals surface area contributed by atoms with Crippen molar-refractivity contribution in [3.63, 3.8) is 0 Å². The van der Waals surface area contributed by atoms with Crippen molar-refractivity contribution in [3.8, 4) is 0 Å². The molecule has 2 N–H and O–H groups in total. The Morgan fingerprint density at radius 3 is 2.00 bits per heavy atom. The van der Waals surface area contributed by atoms with E-state index in [1.165, 1.54) is 36.2 Å². The highest BCUT2D eigenvalue weighted by atomic mass is 16.6. The first-order chi connectivity index (χ1) is 12.9. The standard InChI is InChI=1S/C19H24N4O5/c1-17(14(24)21-20-12-5-7-13(8-6-12)23(27)28)9-18(2)11-19(3,10-17)16(26)22(4)15(18)25/h5-8,20H,9-11H2,1-4H3,(H,21,24). The molecule has 1 heterocycles. The van der Waals surface area contributed by atoms with Gasteiger partial charge < -0.3 is 0 Å². The molecule has 28 heavy (non-hydrogen) atoms. The van der Waals surface area contributed by atoms with Crippen LogP contribution in [0.1, 0.15) is 40.0 Å². The van der Waals surface area contributed by atoms with Crippen molar-refractivity contribution in [1.29, 1.82) is 0 Å². The van der Waals surface area contributed by atoms with Gasteiger partial charge in [0.25, 0.3) is 5.69 Å². The number of nitrogens with zero attached hydrogens (tertiary/aromatic N) is 2. The number of benzene rings is 1. The fourth-order valence-electron chi connectivity index (χ4n) is 5.08. The van der Waals surface area contributed by atoms with Crippen LogP contribution in [0.2, 0.25) is 0 Å². The van der Waals surface area contributed by atoms with Gasteiger partial charge in [-0.25, -0.2) is 0 Å². The minimum Gasteiger partial charge on any atom is -0.299 e. The van der Waals surface area contributed by atoms with Crippen molar-refractivity contribution in [2.24, 2.45) is 16.2 Å². The van der Waals surface area contributed by atoms with Crippen molar-refractivity contribution in [1.82, 2.24) is 10.3 Å². The normalized spacial score (nSPS) is 32.1. The maximum absolute atomic E-state index is 13.0. The second-order valence-corrected chi connectivity index (χ2v) is 8.76. The Balaban J connectivity index is 1.77. The van der Waals surface area contributed by atoms with Gasteiger partial charge in [0, 0.05) is 30.0 Å². The monoisotopic (exact) mass is 388 g/mol. The largest absolute Gasteiger partial charge is 0.299 e. The number of imide groups is 1. The minimum atomic E-state index is -0.915. The number of nitro benzene ring substituents is 1. The minimum absolute atomic E-state index is 0.0501. The summed E-state index contributed by atoms with van der Waals surface area (Å²) in [7, 11) is 1.50. The van der Waals surface area contributed by atoms with Crippen LogP contribution in [0.3, 0.4) is 0 Å². The third-order valence-corrected chi connectivity index (χ3v) is 5.93. The van der Waals surface area contributed by atoms with E-state index >= 15 is 0 Å². The summed E-state index contributed by atoms with van der Waals surface area (Å²) in [4.78, 5) is 49.7. The predicted octanol–water partition coefficient (Wildman–Crippen LogP) is 2.24. The number of non-ortho nitro benzene ring substituents is 1. The van der Waals surface area contributed by atoms with Crippen LogP contribution in [0.5, 0.6) is 0 Å². The molecule has 3 amide bonds. The van der Waals surface area contributed by atoms with Crippen molar-refractivity contribution in [3.05, 3.63) is 34.4 Å². The van der Waals surface area contributed by atoms with Crippen LogP contribution in [-0.2, 0) is 14.4 Å². The average Bonchev–Trinajstić information content (AvgIpc) is 2.62. The van der Waals surface area contributed by atoms with Crippen LogP contribution < -0.4 is 10.9 Å². The Labute approximate surface area is 162 Å². The molecule has 1 aliphatic carbocycles. The second kappa shape index (κ2) is 6.29. The number of hydrogen-bond donors (Lipinski definition) is 2. The number of hydrogen-bond acceptors (Lipinski definition) is 6. The average molecular weight is 388 g/mol. The molecule has 9 heteroatoms. The highest BCUT2D eigenvalue weighted by Gasteiger charge is 2.62. The maximum Gasteiger partial charge on any atom is 0.269 e. The number of rotatable bonds is 4. The number of nitrogens with one attached hydrogen (secondary N) is 2. The molecule has 0 aromatic heterocycles. The van der Waals surface area contributed by atoms with E-state index in [0.29, 0.717) is 24.9 Å². The first kappa shape index (κ1) is 19.8. The lowest BCUT2D eigenvalue weighted by atomic mass is 9.51. The molecule has 1 saturated heterocycles. The van der Waals surface area contributed by atoms with Crippen LogP contribution in [0.25, 0.3) is 0 Å². The lowest BCUT2D eigenvalue weighted by molar-refractivity contribution is -0.384. The molecule has 2 atom stereocenters. The fraction of sp³-hybridized carbons (Fsp3) is 0.526. The van der Waals surface area contributed by atoms with Crippen LogP contribution in [0.4, 0.5) is 11.4 Å². The van der Waals surface area contributed by atoms with Gasteiger partial charge in [-0.2, -0.15) is 0 Å². The summed E-state index contributed by atoms with van der Waals surface area (Å²) in [6, 6.07) is 5.63. The molecular weight excluding hydrogens is 364 g/mol. The number of carbonyl (C=O) groups is 3. The van der Waals surface area contributed by atoms with Gasteiger partial charge >= 0.3 is 0 Å². The van der Waals surface area contributed by atoms with E-state index in [-0.39, 0.29) is 23.4 Å². The number of nitro groups is 1. The van der Waals surface area contributed by atoms with E-state index in [9.17, 15) is 24.5 Å². The number of likely N-dealkylation sites (tertiary alicyclic amines) is 1. The van der Waals surface area contributed by atoms with E-state index in [1.54, 1.807) is 6.92 Å². The van der Waals surface area contributed by atoms with Crippen molar-refractivity contribution in [2.75, 3.05) is 12.5 Å². The molecule has 2 aliphatic rings. The lowest BCUT2D eigenvalue weighted by Gasteiger charge is -2.55. The van der Waals surface area contributed by atoms with Crippen LogP contribution in [-0.4, -0.2) is 34.6 Å². The van der Waals surface area contributed by atoms with Gasteiger partial charge in [0.1, 0.15) is 0 Å². The molecule has 2 bridgehead atoms. The van der Waals surface area contributed by atoms with Crippen molar-refractivity contribution >= 4 is 29.1 Å². The van der Waals surface area contributed by atoms with Crippen LogP contribution in [0.15, 0.2) is 24.3 Å². The summed E-state index contributed by atoms with van der Waals surface area (Å²) >= 11 is 0. The Hall–Kier alpha value is -2.97. The molecule has 0 radical (unpaired) electrons. The molecule has 2 fully saturated rings. The third-order valence-electron chi connectivity index (χ3n) is 5.93. The second-order valence-electron chi connectivity index (χ2n) is 8.76. The highest BCUT2D eigenvalue weighted by Crippen LogP contribution is 2.58. The fourth-order valence-corrected chi connectivity index (χ4v) is 5.08. The Morgan fingerprint density at radius 2 is 1.54 bits per heavy atom. The molecule has 2 unspecified atom stereocenters. The van der Waals surface area contributed by atoms with E-state index in [1.807, 2.05) is 13.8 Å². The van der Waals surface area contributed by atoms with Crippen molar-refractivity contribution < 1.29 is 19.3 Å². The maximum atomic E-state index is 13.0. The summed E-state index contributed by atoms with van der Waals surface area (Å²) in [5.74, 6) is -0.831. The van der Waals surface area contributed by atoms with Gasteiger partial charge in [0.2, 0.25) is 17.7 Å². The summed E-state index contributed by atoms with van der Waals surface area (Å²) in [6.07, 6.45) is 1.10. The number of anilines is 1. The first-order valence-corrected chi connectivity index (χ1v) is 9.04. The van der Waals surface area contributed by atoms with Crippen LogP contribution >= 0.6 is 0 Å². The number of amides is 3. The first-order valence-electron chi connectivity index (χ1n) is 9.04. The summed E-state index contributed by atoms with van der Waals surface area (Å²) in [6.45, 7) is 5.39. The van der Waals surface area contributed by atoms with Gasteiger partial charge in [0.05, 0.1) is 16.0 Å². The van der Waals surface area contributed by atoms with Gasteiger partial charge in [0.15, 0.2) is 0 Å². The zero-order chi connectivity index (χ0) is 20.9. The molecule has 1 aromatic rings. The van der Waals surface area contributed by atoms with Gasteiger partial charge in [-0.15, -0.1) is 0 Å². The van der Waals surface area contributed by atoms with Crippen molar-refractivity contribution in [2.45, 2.75) is 40.0 Å². The molecule has 3 rings (SSSR count). The molecule has 9 nitrogen and oxygen atoms in total. The van der Waals surface area contributed by atoms with Crippen LogP contribution in [0, 0.1) is 26.4 Å². The van der Waals surface area contributed by atoms with E-state index < -0.39 is 21.2 Å². The van der Waals surface area contributed by atoms with E-state index in [2.05, 4.69) is 10.9 Å². The molecular formula is C19H24N4O5. The Bertz CT molecular complexity index is 838. The zero-order valence-corrected chi connectivity index (χ0v) is 16.4. The quantitative estimate of drug-likeness (QED) is 0.463. The summed E-state index contributed by atoms with van der Waals surface area (Å²) in [5.41, 5.74) is 3.34. The molecule has 0 spiro atoms. The highest BCUT2D eigenvalue weighted by molar-refractivity contribution is 6.04. The molecule has 1 saturated carbocycles. The Morgan fingerprint density at radius 1 is 1.04 bits per heavy atom. The molecule has 1 aromatic carbocycles.